The van der Waals surface area contributed by atoms with Crippen LogP contribution in [-0.2, 0) is 6.42 Å². The van der Waals surface area contributed by atoms with Crippen LogP contribution in [0.4, 0.5) is 11.6 Å². The Morgan fingerprint density at radius 1 is 1.04 bits per heavy atom. The molecule has 3 rings (SSSR count). The molecular formula is C21H21ClN4O. The molecule has 0 atom stereocenters. The van der Waals surface area contributed by atoms with Gasteiger partial charge in [0.15, 0.2) is 0 Å². The lowest BCUT2D eigenvalue weighted by Crippen LogP contribution is -2.26. The van der Waals surface area contributed by atoms with Crippen LogP contribution in [0.1, 0.15) is 28.2 Å². The van der Waals surface area contributed by atoms with Crippen molar-refractivity contribution in [3.8, 4) is 0 Å². The zero-order valence-corrected chi connectivity index (χ0v) is 15.8. The van der Waals surface area contributed by atoms with Crippen LogP contribution >= 0.6 is 11.6 Å². The third-order valence-electron chi connectivity index (χ3n) is 3.98. The first-order valence-corrected chi connectivity index (χ1v) is 9.19. The number of rotatable bonds is 7. The third kappa shape index (κ3) is 5.53. The molecule has 0 unspecified atom stereocenters. The normalized spacial score (nSPS) is 10.4. The molecule has 1 amide bonds. The molecule has 3 aromatic rings. The van der Waals surface area contributed by atoms with Crippen molar-refractivity contribution in [1.29, 1.82) is 0 Å². The molecule has 0 aliphatic rings. The van der Waals surface area contributed by atoms with Crippen LogP contribution in [0, 0.1) is 6.92 Å². The maximum absolute atomic E-state index is 12.4. The van der Waals surface area contributed by atoms with E-state index in [1.807, 2.05) is 43.3 Å². The molecule has 0 aliphatic carbocycles. The molecular weight excluding hydrogens is 360 g/mol. The van der Waals surface area contributed by atoms with Crippen LogP contribution in [0.15, 0.2) is 60.7 Å². The number of carbonyl (C=O) groups excluding carboxylic acids is 1. The summed E-state index contributed by atoms with van der Waals surface area (Å²) in [5, 5.41) is 6.54. The molecule has 1 aromatic heterocycles. The Bertz CT molecular complexity index is 915. The van der Waals surface area contributed by atoms with Gasteiger partial charge in [0, 0.05) is 12.2 Å². The lowest BCUT2D eigenvalue weighted by atomic mass is 10.1. The maximum atomic E-state index is 12.4. The number of aryl methyl sites for hydroxylation is 2. The Balaban J connectivity index is 1.59. The summed E-state index contributed by atoms with van der Waals surface area (Å²) < 4.78 is 0. The molecule has 0 bridgehead atoms. The van der Waals surface area contributed by atoms with E-state index in [4.69, 9.17) is 11.6 Å². The van der Waals surface area contributed by atoms with Gasteiger partial charge in [-0.25, -0.2) is 9.97 Å². The molecule has 2 aromatic carbocycles. The molecule has 0 saturated carbocycles. The predicted octanol–water partition coefficient (Wildman–Crippen LogP) is 4.54. The lowest BCUT2D eigenvalue weighted by molar-refractivity contribution is 0.0948. The first-order chi connectivity index (χ1) is 13.1. The van der Waals surface area contributed by atoms with E-state index in [2.05, 4.69) is 32.7 Å². The Hall–Kier alpha value is -2.92. The summed E-state index contributed by atoms with van der Waals surface area (Å²) in [6.07, 6.45) is 1.79. The first-order valence-electron chi connectivity index (χ1n) is 8.81. The number of amides is 1. The number of hydrogen-bond acceptors (Lipinski definition) is 4. The van der Waals surface area contributed by atoms with Crippen molar-refractivity contribution in [1.82, 2.24) is 15.3 Å². The molecule has 0 radical (unpaired) electrons. The number of hydrogen-bond donors (Lipinski definition) is 2. The quantitative estimate of drug-likeness (QED) is 0.590. The van der Waals surface area contributed by atoms with Crippen molar-refractivity contribution in [2.45, 2.75) is 19.8 Å². The van der Waals surface area contributed by atoms with Crippen molar-refractivity contribution < 1.29 is 4.79 Å². The molecule has 6 heteroatoms. The smallest absolute Gasteiger partial charge is 0.270 e. The number of benzene rings is 2. The number of nitrogens with one attached hydrogen (secondary N) is 2. The van der Waals surface area contributed by atoms with Gasteiger partial charge in [0.05, 0.1) is 10.7 Å². The summed E-state index contributed by atoms with van der Waals surface area (Å²) in [4.78, 5) is 21.1. The Labute approximate surface area is 163 Å². The highest BCUT2D eigenvalue weighted by Crippen LogP contribution is 2.23. The van der Waals surface area contributed by atoms with Crippen LogP contribution in [0.2, 0.25) is 5.02 Å². The highest BCUT2D eigenvalue weighted by Gasteiger charge is 2.11. The SMILES string of the molecule is Cc1cc(C(=O)NCCCc2ccccc2)nc(Nc2ccccc2Cl)n1. The van der Waals surface area contributed by atoms with Crippen LogP contribution in [0.25, 0.3) is 0 Å². The van der Waals surface area contributed by atoms with Gasteiger partial charge in [-0.2, -0.15) is 0 Å². The van der Waals surface area contributed by atoms with Gasteiger partial charge in [0.1, 0.15) is 5.69 Å². The van der Waals surface area contributed by atoms with E-state index in [1.165, 1.54) is 5.56 Å². The van der Waals surface area contributed by atoms with Crippen molar-refractivity contribution >= 4 is 29.1 Å². The second kappa shape index (κ2) is 9.14. The molecule has 27 heavy (non-hydrogen) atoms. The van der Waals surface area contributed by atoms with Crippen molar-refractivity contribution in [3.63, 3.8) is 0 Å². The topological polar surface area (TPSA) is 66.9 Å². The van der Waals surface area contributed by atoms with Gasteiger partial charge >= 0.3 is 0 Å². The van der Waals surface area contributed by atoms with Crippen LogP contribution in [0.3, 0.4) is 0 Å². The third-order valence-corrected chi connectivity index (χ3v) is 4.31. The van der Waals surface area contributed by atoms with Gasteiger partial charge < -0.3 is 10.6 Å². The summed E-state index contributed by atoms with van der Waals surface area (Å²) in [6.45, 7) is 2.41. The highest BCUT2D eigenvalue weighted by molar-refractivity contribution is 6.33. The molecule has 0 aliphatic heterocycles. The zero-order valence-electron chi connectivity index (χ0n) is 15.1. The van der Waals surface area contributed by atoms with E-state index in [0.717, 1.165) is 12.8 Å². The zero-order chi connectivity index (χ0) is 19.1. The van der Waals surface area contributed by atoms with Gasteiger partial charge in [-0.3, -0.25) is 4.79 Å². The van der Waals surface area contributed by atoms with E-state index in [9.17, 15) is 4.79 Å². The van der Waals surface area contributed by atoms with Gasteiger partial charge in [-0.05, 0) is 43.5 Å². The minimum absolute atomic E-state index is 0.212. The maximum Gasteiger partial charge on any atom is 0.270 e. The van der Waals surface area contributed by atoms with Crippen LogP contribution in [0.5, 0.6) is 0 Å². The largest absolute Gasteiger partial charge is 0.351 e. The fraction of sp³-hybridized carbons (Fsp3) is 0.190. The number of carbonyl (C=O) groups is 1. The van der Waals surface area contributed by atoms with E-state index in [1.54, 1.807) is 12.1 Å². The van der Waals surface area contributed by atoms with Gasteiger partial charge in [0.25, 0.3) is 5.91 Å². The molecule has 0 fully saturated rings. The molecule has 0 saturated heterocycles. The minimum atomic E-state index is -0.212. The van der Waals surface area contributed by atoms with Gasteiger partial charge in [-0.1, -0.05) is 54.1 Å². The average Bonchev–Trinajstić information content (AvgIpc) is 2.67. The number of anilines is 2. The highest BCUT2D eigenvalue weighted by atomic mass is 35.5. The monoisotopic (exact) mass is 380 g/mol. The second-order valence-electron chi connectivity index (χ2n) is 6.17. The van der Waals surface area contributed by atoms with Gasteiger partial charge in [0.2, 0.25) is 5.95 Å². The summed E-state index contributed by atoms with van der Waals surface area (Å²) in [5.74, 6) is 0.133. The summed E-state index contributed by atoms with van der Waals surface area (Å²) in [5.41, 5.74) is 2.99. The summed E-state index contributed by atoms with van der Waals surface area (Å²) in [7, 11) is 0. The van der Waals surface area contributed by atoms with Crippen molar-refractivity contribution in [2.75, 3.05) is 11.9 Å². The standard InChI is InChI=1S/C21H21ClN4O/c1-15-14-19(20(27)23-13-7-10-16-8-3-2-4-9-16)26-21(24-15)25-18-12-6-5-11-17(18)22/h2-6,8-9,11-12,14H,7,10,13H2,1H3,(H,23,27)(H,24,25,26). The lowest BCUT2D eigenvalue weighted by Gasteiger charge is -2.10. The fourth-order valence-corrected chi connectivity index (χ4v) is 2.84. The minimum Gasteiger partial charge on any atom is -0.351 e. The molecule has 1 heterocycles. The Kier molecular flexibility index (Phi) is 6.39. The molecule has 0 spiro atoms. The van der Waals surface area contributed by atoms with E-state index in [0.29, 0.717) is 34.6 Å². The molecule has 2 N–H and O–H groups in total. The number of aromatic nitrogens is 2. The van der Waals surface area contributed by atoms with Crippen molar-refractivity contribution in [2.24, 2.45) is 0 Å². The number of halogens is 1. The predicted molar refractivity (Wildman–Crippen MR) is 109 cm³/mol. The second-order valence-corrected chi connectivity index (χ2v) is 6.58. The van der Waals surface area contributed by atoms with E-state index < -0.39 is 0 Å². The number of nitrogens with zero attached hydrogens (tertiary/aromatic N) is 2. The average molecular weight is 381 g/mol. The van der Waals surface area contributed by atoms with E-state index in [-0.39, 0.29) is 5.91 Å². The molecule has 5 nitrogen and oxygen atoms in total. The van der Waals surface area contributed by atoms with Gasteiger partial charge in [-0.15, -0.1) is 0 Å². The van der Waals surface area contributed by atoms with Crippen LogP contribution < -0.4 is 10.6 Å². The fourth-order valence-electron chi connectivity index (χ4n) is 2.65. The summed E-state index contributed by atoms with van der Waals surface area (Å²) in [6, 6.07) is 19.2. The number of para-hydroxylation sites is 1. The Morgan fingerprint density at radius 2 is 1.78 bits per heavy atom. The molecule has 138 valence electrons. The Morgan fingerprint density at radius 3 is 2.56 bits per heavy atom. The van der Waals surface area contributed by atoms with Crippen LogP contribution in [-0.4, -0.2) is 22.4 Å². The summed E-state index contributed by atoms with van der Waals surface area (Å²) >= 11 is 6.15. The van der Waals surface area contributed by atoms with Crippen molar-refractivity contribution in [3.05, 3.63) is 82.6 Å². The first kappa shape index (κ1) is 18.9. The van der Waals surface area contributed by atoms with E-state index >= 15 is 0 Å².